The largest absolute Gasteiger partial charge is 0.369 e. The number of aromatic nitrogens is 1. The molecule has 4 nitrogen and oxygen atoms in total. The number of pyridine rings is 1. The lowest BCUT2D eigenvalue weighted by molar-refractivity contribution is -0.127. The molecular formula is C25H27N3O. The van der Waals surface area contributed by atoms with Crippen LogP contribution in [0.4, 0.5) is 0 Å². The Kier molecular flexibility index (Phi) is 5.72. The van der Waals surface area contributed by atoms with Crippen LogP contribution in [0, 0.1) is 5.41 Å². The third-order valence-corrected chi connectivity index (χ3v) is 6.01. The summed E-state index contributed by atoms with van der Waals surface area (Å²) in [7, 11) is 0. The molecule has 4 rings (SSSR count). The van der Waals surface area contributed by atoms with Gasteiger partial charge in [-0.2, -0.15) is 0 Å². The molecule has 1 amide bonds. The molecule has 29 heavy (non-hydrogen) atoms. The highest BCUT2D eigenvalue weighted by molar-refractivity contribution is 5.82. The van der Waals surface area contributed by atoms with Gasteiger partial charge in [0.25, 0.3) is 0 Å². The lowest BCUT2D eigenvalue weighted by Gasteiger charge is -2.26. The van der Waals surface area contributed by atoms with Crippen LogP contribution in [0.2, 0.25) is 0 Å². The van der Waals surface area contributed by atoms with Crippen LogP contribution in [-0.2, 0) is 17.6 Å². The maximum Gasteiger partial charge on any atom is 0.225 e. The first-order chi connectivity index (χ1) is 14.1. The number of primary amides is 1. The van der Waals surface area contributed by atoms with Crippen LogP contribution < -0.4 is 5.73 Å². The first-order valence-corrected chi connectivity index (χ1v) is 10.2. The quantitative estimate of drug-likeness (QED) is 0.674. The van der Waals surface area contributed by atoms with Crippen molar-refractivity contribution in [3.05, 3.63) is 90.3 Å². The van der Waals surface area contributed by atoms with Gasteiger partial charge in [-0.15, -0.1) is 0 Å². The SMILES string of the molecule is NC(=O)C1(Cc2ccc(-c3cccnc3)cc2)CCN(CCc2ccccc2)C1. The van der Waals surface area contributed by atoms with E-state index in [1.54, 1.807) is 6.20 Å². The van der Waals surface area contributed by atoms with Crippen LogP contribution in [0.5, 0.6) is 0 Å². The van der Waals surface area contributed by atoms with E-state index in [0.29, 0.717) is 6.42 Å². The summed E-state index contributed by atoms with van der Waals surface area (Å²) in [6.45, 7) is 2.61. The maximum absolute atomic E-state index is 12.4. The van der Waals surface area contributed by atoms with Crippen LogP contribution in [0.15, 0.2) is 79.1 Å². The van der Waals surface area contributed by atoms with Crippen molar-refractivity contribution in [2.75, 3.05) is 19.6 Å². The van der Waals surface area contributed by atoms with Crippen molar-refractivity contribution in [2.24, 2.45) is 11.1 Å². The summed E-state index contributed by atoms with van der Waals surface area (Å²) < 4.78 is 0. The normalized spacial score (nSPS) is 19.3. The van der Waals surface area contributed by atoms with Gasteiger partial charge in [-0.05, 0) is 54.1 Å². The molecule has 1 fully saturated rings. The molecule has 0 saturated carbocycles. The van der Waals surface area contributed by atoms with E-state index in [2.05, 4.69) is 64.5 Å². The lowest BCUT2D eigenvalue weighted by Crippen LogP contribution is -2.41. The van der Waals surface area contributed by atoms with Crippen LogP contribution >= 0.6 is 0 Å². The third-order valence-electron chi connectivity index (χ3n) is 6.01. The smallest absolute Gasteiger partial charge is 0.225 e. The summed E-state index contributed by atoms with van der Waals surface area (Å²) in [6.07, 6.45) is 6.15. The van der Waals surface area contributed by atoms with Gasteiger partial charge in [0, 0.05) is 25.5 Å². The van der Waals surface area contributed by atoms with Crippen molar-refractivity contribution in [2.45, 2.75) is 19.3 Å². The van der Waals surface area contributed by atoms with Crippen molar-refractivity contribution in [1.82, 2.24) is 9.88 Å². The molecule has 0 radical (unpaired) electrons. The second-order valence-electron chi connectivity index (χ2n) is 8.02. The van der Waals surface area contributed by atoms with Gasteiger partial charge in [0.1, 0.15) is 0 Å². The minimum atomic E-state index is -0.480. The van der Waals surface area contributed by atoms with E-state index in [9.17, 15) is 4.79 Å². The highest BCUT2D eigenvalue weighted by Crippen LogP contribution is 2.34. The van der Waals surface area contributed by atoms with Gasteiger partial charge >= 0.3 is 0 Å². The minimum Gasteiger partial charge on any atom is -0.369 e. The molecule has 1 atom stereocenters. The predicted molar refractivity (Wildman–Crippen MR) is 116 cm³/mol. The van der Waals surface area contributed by atoms with E-state index in [1.807, 2.05) is 18.3 Å². The monoisotopic (exact) mass is 385 g/mol. The van der Waals surface area contributed by atoms with Crippen LogP contribution in [-0.4, -0.2) is 35.4 Å². The van der Waals surface area contributed by atoms with Crippen molar-refractivity contribution in [3.8, 4) is 11.1 Å². The summed E-state index contributed by atoms with van der Waals surface area (Å²) in [5.74, 6) is -0.184. The molecule has 2 N–H and O–H groups in total. The summed E-state index contributed by atoms with van der Waals surface area (Å²) in [4.78, 5) is 19.0. The molecule has 1 unspecified atom stereocenters. The highest BCUT2D eigenvalue weighted by atomic mass is 16.1. The maximum atomic E-state index is 12.4. The van der Waals surface area contributed by atoms with E-state index in [4.69, 9.17) is 5.73 Å². The van der Waals surface area contributed by atoms with Gasteiger partial charge in [0.15, 0.2) is 0 Å². The molecule has 0 aliphatic carbocycles. The van der Waals surface area contributed by atoms with Gasteiger partial charge in [-0.1, -0.05) is 60.7 Å². The first kappa shape index (κ1) is 19.3. The third kappa shape index (κ3) is 4.54. The van der Waals surface area contributed by atoms with Crippen molar-refractivity contribution in [1.29, 1.82) is 0 Å². The first-order valence-electron chi connectivity index (χ1n) is 10.2. The van der Waals surface area contributed by atoms with Crippen molar-refractivity contribution in [3.63, 3.8) is 0 Å². The van der Waals surface area contributed by atoms with Gasteiger partial charge in [0.05, 0.1) is 5.41 Å². The fourth-order valence-electron chi connectivity index (χ4n) is 4.25. The number of likely N-dealkylation sites (tertiary alicyclic amines) is 1. The number of hydrogen-bond acceptors (Lipinski definition) is 3. The Morgan fingerprint density at radius 3 is 2.45 bits per heavy atom. The standard InChI is InChI=1S/C25H27N3O/c26-24(29)25(13-16-28(19-25)15-12-20-5-2-1-3-6-20)17-21-8-10-22(11-9-21)23-7-4-14-27-18-23/h1-11,14,18H,12-13,15-17,19H2,(H2,26,29). The van der Waals surface area contributed by atoms with Crippen LogP contribution in [0.25, 0.3) is 11.1 Å². The Morgan fingerprint density at radius 2 is 1.76 bits per heavy atom. The molecule has 3 aromatic rings. The van der Waals surface area contributed by atoms with E-state index < -0.39 is 5.41 Å². The van der Waals surface area contributed by atoms with Crippen molar-refractivity contribution >= 4 is 5.91 Å². The average Bonchev–Trinajstić information content (AvgIpc) is 3.19. The summed E-state index contributed by atoms with van der Waals surface area (Å²) in [5, 5.41) is 0. The Labute approximate surface area is 172 Å². The predicted octanol–water partition coefficient (Wildman–Crippen LogP) is 3.71. The molecule has 1 aliphatic rings. The number of amides is 1. The summed E-state index contributed by atoms with van der Waals surface area (Å²) >= 11 is 0. The second kappa shape index (κ2) is 8.58. The van der Waals surface area contributed by atoms with Gasteiger partial charge < -0.3 is 10.6 Å². The zero-order chi connectivity index (χ0) is 20.1. The van der Waals surface area contributed by atoms with E-state index in [1.165, 1.54) is 5.56 Å². The number of benzene rings is 2. The number of rotatable bonds is 7. The molecule has 2 heterocycles. The number of hydrogen-bond donors (Lipinski definition) is 1. The number of carbonyl (C=O) groups excluding carboxylic acids is 1. The minimum absolute atomic E-state index is 0.184. The fraction of sp³-hybridized carbons (Fsp3) is 0.280. The molecule has 148 valence electrons. The molecule has 1 aromatic heterocycles. The van der Waals surface area contributed by atoms with Crippen LogP contribution in [0.3, 0.4) is 0 Å². The Morgan fingerprint density at radius 1 is 0.966 bits per heavy atom. The number of nitrogens with zero attached hydrogens (tertiary/aromatic N) is 2. The highest BCUT2D eigenvalue weighted by Gasteiger charge is 2.42. The summed E-state index contributed by atoms with van der Waals surface area (Å²) in [6, 6.07) is 22.9. The molecule has 1 aliphatic heterocycles. The zero-order valence-corrected chi connectivity index (χ0v) is 16.6. The molecular weight excluding hydrogens is 358 g/mol. The number of nitrogens with two attached hydrogens (primary N) is 1. The topological polar surface area (TPSA) is 59.2 Å². The van der Waals surface area contributed by atoms with Gasteiger partial charge in [-0.25, -0.2) is 0 Å². The van der Waals surface area contributed by atoms with Gasteiger partial charge in [0.2, 0.25) is 5.91 Å². The Bertz CT molecular complexity index is 941. The lowest BCUT2D eigenvalue weighted by atomic mass is 9.80. The van der Waals surface area contributed by atoms with E-state index in [0.717, 1.165) is 49.2 Å². The Hall–Kier alpha value is -2.98. The number of carbonyl (C=O) groups is 1. The Balaban J connectivity index is 1.42. The van der Waals surface area contributed by atoms with Crippen molar-refractivity contribution < 1.29 is 4.79 Å². The summed E-state index contributed by atoms with van der Waals surface area (Å²) in [5.41, 5.74) is 10.1. The zero-order valence-electron chi connectivity index (χ0n) is 16.6. The molecule has 1 saturated heterocycles. The van der Waals surface area contributed by atoms with E-state index >= 15 is 0 Å². The molecule has 0 spiro atoms. The molecule has 4 heteroatoms. The fourth-order valence-corrected chi connectivity index (χ4v) is 4.25. The second-order valence-corrected chi connectivity index (χ2v) is 8.02. The van der Waals surface area contributed by atoms with E-state index in [-0.39, 0.29) is 5.91 Å². The average molecular weight is 386 g/mol. The van der Waals surface area contributed by atoms with Gasteiger partial charge in [-0.3, -0.25) is 9.78 Å². The molecule has 2 aromatic carbocycles. The van der Waals surface area contributed by atoms with Crippen LogP contribution in [0.1, 0.15) is 17.5 Å². The molecule has 0 bridgehead atoms.